The van der Waals surface area contributed by atoms with Crippen LogP contribution in [0.4, 0.5) is 5.69 Å². The van der Waals surface area contributed by atoms with E-state index in [-0.39, 0.29) is 16.6 Å². The van der Waals surface area contributed by atoms with Crippen LogP contribution in [0.15, 0.2) is 47.4 Å². The van der Waals surface area contributed by atoms with E-state index >= 15 is 0 Å². The van der Waals surface area contributed by atoms with E-state index in [0.29, 0.717) is 18.8 Å². The third-order valence-electron chi connectivity index (χ3n) is 6.29. The quantitative estimate of drug-likeness (QED) is 0.546. The number of hydrogen-bond donors (Lipinski definition) is 0. The fourth-order valence-corrected chi connectivity index (χ4v) is 5.04. The van der Waals surface area contributed by atoms with Gasteiger partial charge in [-0.1, -0.05) is 12.1 Å². The monoisotopic (exact) mass is 450 g/mol. The highest BCUT2D eigenvalue weighted by molar-refractivity contribution is 7.90. The van der Waals surface area contributed by atoms with Crippen LogP contribution in [0.2, 0.25) is 0 Å². The van der Waals surface area contributed by atoms with Crippen LogP contribution in [-0.4, -0.2) is 51.7 Å². The van der Waals surface area contributed by atoms with Crippen molar-refractivity contribution in [1.29, 1.82) is 0 Å². The topological polar surface area (TPSA) is 76.6 Å². The Hall–Kier alpha value is -2.77. The van der Waals surface area contributed by atoms with Gasteiger partial charge in [0, 0.05) is 53.2 Å². The van der Waals surface area contributed by atoms with Gasteiger partial charge in [-0.25, -0.2) is 8.42 Å². The van der Waals surface area contributed by atoms with Gasteiger partial charge in [0.2, 0.25) is 0 Å². The summed E-state index contributed by atoms with van der Waals surface area (Å²) in [5.41, 5.74) is 4.96. The molecule has 0 amide bonds. The lowest BCUT2D eigenvalue weighted by atomic mass is 9.90. The van der Waals surface area contributed by atoms with Crippen molar-refractivity contribution in [1.82, 2.24) is 4.98 Å². The van der Waals surface area contributed by atoms with Crippen LogP contribution >= 0.6 is 0 Å². The molecular weight excluding hydrogens is 424 g/mol. The molecule has 1 aliphatic carbocycles. The number of fused-ring (bicyclic) bond motifs is 1. The molecule has 0 radical (unpaired) electrons. The summed E-state index contributed by atoms with van der Waals surface area (Å²) in [6, 6.07) is 13.0. The van der Waals surface area contributed by atoms with E-state index in [0.717, 1.165) is 59.3 Å². The van der Waals surface area contributed by atoms with Crippen LogP contribution < -0.4 is 4.90 Å². The average molecular weight is 451 g/mol. The van der Waals surface area contributed by atoms with Gasteiger partial charge in [-0.2, -0.15) is 0 Å². The van der Waals surface area contributed by atoms with Crippen molar-refractivity contribution in [3.63, 3.8) is 0 Å². The number of pyridine rings is 1. The molecule has 1 saturated heterocycles. The minimum absolute atomic E-state index is 0.0596. The standard InChI is InChI=1S/C25H26N2O4S/c1-16-23(25(28)18-3-4-18)24(17-5-8-20(9-6-17)32(2,29)30)21-15-19(7-10-22(21)26-16)27-11-13-31-14-12-27/h5-10,15,18H,3-4,11-14H2,1-2H3. The predicted molar refractivity (Wildman–Crippen MR) is 125 cm³/mol. The van der Waals surface area contributed by atoms with Crippen LogP contribution in [0.25, 0.3) is 22.0 Å². The van der Waals surface area contributed by atoms with E-state index < -0.39 is 9.84 Å². The summed E-state index contributed by atoms with van der Waals surface area (Å²) in [7, 11) is -3.30. The molecule has 0 unspecified atom stereocenters. The number of nitrogens with zero attached hydrogens (tertiary/aromatic N) is 2. The van der Waals surface area contributed by atoms with Crippen molar-refractivity contribution in [3.05, 3.63) is 53.7 Å². The molecule has 1 aliphatic heterocycles. The average Bonchev–Trinajstić information content (AvgIpc) is 3.63. The lowest BCUT2D eigenvalue weighted by Gasteiger charge is -2.29. The van der Waals surface area contributed by atoms with Crippen LogP contribution in [0.5, 0.6) is 0 Å². The first-order valence-corrected chi connectivity index (χ1v) is 12.8. The number of ketones is 1. The van der Waals surface area contributed by atoms with Crippen molar-refractivity contribution in [2.75, 3.05) is 37.5 Å². The van der Waals surface area contributed by atoms with E-state index in [9.17, 15) is 13.2 Å². The molecule has 0 atom stereocenters. The summed E-state index contributed by atoms with van der Waals surface area (Å²) >= 11 is 0. The second kappa shape index (κ2) is 7.98. The summed E-state index contributed by atoms with van der Waals surface area (Å²) in [6.07, 6.45) is 3.03. The molecule has 2 aliphatic rings. The second-order valence-corrected chi connectivity index (χ2v) is 10.7. The summed E-state index contributed by atoms with van der Waals surface area (Å²) < 4.78 is 29.4. The Bertz CT molecular complexity index is 1310. The minimum atomic E-state index is -3.30. The maximum absolute atomic E-state index is 13.3. The normalized spacial score (nSPS) is 17.0. The van der Waals surface area contributed by atoms with Gasteiger partial charge in [0.15, 0.2) is 15.6 Å². The maximum atomic E-state index is 13.3. The molecule has 6 nitrogen and oxygen atoms in total. The summed E-state index contributed by atoms with van der Waals surface area (Å²) in [4.78, 5) is 20.6. The number of carbonyl (C=O) groups excluding carboxylic acids is 1. The fraction of sp³-hybridized carbons (Fsp3) is 0.360. The van der Waals surface area contributed by atoms with Crippen LogP contribution in [0.1, 0.15) is 28.9 Å². The SMILES string of the molecule is Cc1nc2ccc(N3CCOCC3)cc2c(-c2ccc(S(C)(=O)=O)cc2)c1C(=O)C1CC1. The van der Waals surface area contributed by atoms with Gasteiger partial charge >= 0.3 is 0 Å². The highest BCUT2D eigenvalue weighted by Crippen LogP contribution is 2.40. The van der Waals surface area contributed by atoms with E-state index in [1.807, 2.05) is 13.0 Å². The van der Waals surface area contributed by atoms with Gasteiger partial charge in [0.05, 0.1) is 23.6 Å². The summed E-state index contributed by atoms with van der Waals surface area (Å²) in [5.74, 6) is 0.195. The highest BCUT2D eigenvalue weighted by atomic mass is 32.2. The molecule has 0 N–H and O–H groups in total. The minimum Gasteiger partial charge on any atom is -0.378 e. The van der Waals surface area contributed by atoms with Gasteiger partial charge in [0.1, 0.15) is 0 Å². The number of ether oxygens (including phenoxy) is 1. The smallest absolute Gasteiger partial charge is 0.175 e. The first kappa shape index (κ1) is 21.1. The Morgan fingerprint density at radius 3 is 2.38 bits per heavy atom. The van der Waals surface area contributed by atoms with E-state index in [2.05, 4.69) is 17.0 Å². The van der Waals surface area contributed by atoms with Crippen molar-refractivity contribution in [2.24, 2.45) is 5.92 Å². The molecule has 2 aromatic carbocycles. The molecule has 0 bridgehead atoms. The summed E-state index contributed by atoms with van der Waals surface area (Å²) in [5, 5.41) is 0.913. The Kier molecular flexibility index (Phi) is 5.26. The van der Waals surface area contributed by atoms with Crippen molar-refractivity contribution in [2.45, 2.75) is 24.7 Å². The number of Topliss-reactive ketones (excluding diaryl/α,β-unsaturated/α-hetero) is 1. The molecule has 2 fully saturated rings. The van der Waals surface area contributed by atoms with Crippen LogP contribution in [-0.2, 0) is 14.6 Å². The molecule has 1 aromatic heterocycles. The van der Waals surface area contributed by atoms with E-state index in [1.165, 1.54) is 6.26 Å². The number of aryl methyl sites for hydroxylation is 1. The number of carbonyl (C=O) groups is 1. The zero-order valence-electron chi connectivity index (χ0n) is 18.3. The first-order chi connectivity index (χ1) is 15.3. The Morgan fingerprint density at radius 2 is 1.75 bits per heavy atom. The Morgan fingerprint density at radius 1 is 1.06 bits per heavy atom. The molecule has 2 heterocycles. The predicted octanol–water partition coefficient (Wildman–Crippen LogP) is 4.04. The lowest BCUT2D eigenvalue weighted by Crippen LogP contribution is -2.36. The maximum Gasteiger partial charge on any atom is 0.175 e. The van der Waals surface area contributed by atoms with Gasteiger partial charge < -0.3 is 9.64 Å². The second-order valence-electron chi connectivity index (χ2n) is 8.68. The zero-order chi connectivity index (χ0) is 22.5. The van der Waals surface area contributed by atoms with E-state index in [4.69, 9.17) is 9.72 Å². The fourth-order valence-electron chi connectivity index (χ4n) is 4.41. The van der Waals surface area contributed by atoms with Gasteiger partial charge in [-0.3, -0.25) is 9.78 Å². The first-order valence-electron chi connectivity index (χ1n) is 10.9. The van der Waals surface area contributed by atoms with Crippen LogP contribution in [0.3, 0.4) is 0 Å². The van der Waals surface area contributed by atoms with Gasteiger partial charge in [-0.05, 0) is 55.7 Å². The zero-order valence-corrected chi connectivity index (χ0v) is 19.1. The molecule has 0 spiro atoms. The van der Waals surface area contributed by atoms with Crippen molar-refractivity contribution < 1.29 is 17.9 Å². The van der Waals surface area contributed by atoms with Gasteiger partial charge in [0.25, 0.3) is 0 Å². The molecule has 1 saturated carbocycles. The van der Waals surface area contributed by atoms with Gasteiger partial charge in [-0.15, -0.1) is 0 Å². The number of aromatic nitrogens is 1. The van der Waals surface area contributed by atoms with E-state index in [1.54, 1.807) is 24.3 Å². The molecule has 3 aromatic rings. The number of morpholine rings is 1. The third kappa shape index (κ3) is 3.91. The molecule has 5 rings (SSSR count). The molecule has 166 valence electrons. The van der Waals surface area contributed by atoms with Crippen LogP contribution in [0, 0.1) is 12.8 Å². The number of hydrogen-bond acceptors (Lipinski definition) is 6. The summed E-state index contributed by atoms with van der Waals surface area (Å²) in [6.45, 7) is 4.90. The number of benzene rings is 2. The third-order valence-corrected chi connectivity index (χ3v) is 7.42. The van der Waals surface area contributed by atoms with Crippen molar-refractivity contribution >= 4 is 32.2 Å². The number of sulfone groups is 1. The Balaban J connectivity index is 1.74. The van der Waals surface area contributed by atoms with Crippen molar-refractivity contribution in [3.8, 4) is 11.1 Å². The molecule has 32 heavy (non-hydrogen) atoms. The number of rotatable bonds is 5. The Labute approximate surface area is 188 Å². The lowest BCUT2D eigenvalue weighted by molar-refractivity contribution is 0.0967. The number of anilines is 1. The molecule has 7 heteroatoms. The highest BCUT2D eigenvalue weighted by Gasteiger charge is 2.34. The molecular formula is C25H26N2O4S. The largest absolute Gasteiger partial charge is 0.378 e.